The quantitative estimate of drug-likeness (QED) is 0.599. The molecular formula is C20H21N5O2. The molecule has 0 bridgehead atoms. The first-order valence-corrected chi connectivity index (χ1v) is 8.62. The van der Waals surface area contributed by atoms with Gasteiger partial charge >= 0.3 is 6.03 Å². The summed E-state index contributed by atoms with van der Waals surface area (Å²) in [4.78, 5) is 20.3. The molecule has 3 N–H and O–H groups in total. The van der Waals surface area contributed by atoms with Crippen molar-refractivity contribution in [3.8, 4) is 11.6 Å². The standard InChI is InChI=1S/C20H21N5O2/c1-3-14-4-6-15(7-5-14)23-20(26)24-16-8-10-17(11-9-16)27-18-12-13-22-19(21-2)25-18/h4-13H,3H2,1-2H3,(H,21,22,25)(H2,23,24,26). The van der Waals surface area contributed by atoms with Crippen LogP contribution in [0.2, 0.25) is 0 Å². The van der Waals surface area contributed by atoms with Gasteiger partial charge in [-0.3, -0.25) is 0 Å². The number of hydrogen-bond acceptors (Lipinski definition) is 5. The van der Waals surface area contributed by atoms with Crippen LogP contribution in [0.4, 0.5) is 22.1 Å². The van der Waals surface area contributed by atoms with E-state index in [9.17, 15) is 4.79 Å². The van der Waals surface area contributed by atoms with E-state index in [1.807, 2.05) is 24.3 Å². The molecule has 0 fully saturated rings. The van der Waals surface area contributed by atoms with Gasteiger partial charge in [0, 0.05) is 30.7 Å². The Balaban J connectivity index is 1.57. The Hall–Kier alpha value is -3.61. The van der Waals surface area contributed by atoms with E-state index >= 15 is 0 Å². The minimum Gasteiger partial charge on any atom is -0.439 e. The Kier molecular flexibility index (Phi) is 5.84. The predicted octanol–water partition coefficient (Wildman–Crippen LogP) is 4.52. The normalized spacial score (nSPS) is 10.1. The zero-order valence-corrected chi connectivity index (χ0v) is 15.2. The van der Waals surface area contributed by atoms with Crippen LogP contribution in [0.3, 0.4) is 0 Å². The summed E-state index contributed by atoms with van der Waals surface area (Å²) in [5.74, 6) is 1.52. The third-order valence-corrected chi connectivity index (χ3v) is 3.81. The van der Waals surface area contributed by atoms with Gasteiger partial charge in [0.25, 0.3) is 0 Å². The zero-order valence-electron chi connectivity index (χ0n) is 15.2. The number of hydrogen-bond donors (Lipinski definition) is 3. The van der Waals surface area contributed by atoms with E-state index in [0.29, 0.717) is 23.3 Å². The van der Waals surface area contributed by atoms with Gasteiger partial charge in [-0.05, 0) is 48.4 Å². The molecule has 3 aromatic rings. The average Bonchev–Trinajstić information content (AvgIpc) is 2.70. The minimum absolute atomic E-state index is 0.303. The predicted molar refractivity (Wildman–Crippen MR) is 107 cm³/mol. The van der Waals surface area contributed by atoms with E-state index in [4.69, 9.17) is 4.74 Å². The summed E-state index contributed by atoms with van der Waals surface area (Å²) in [6.07, 6.45) is 2.58. The number of carbonyl (C=O) groups excluding carboxylic acids is 1. The molecule has 0 saturated heterocycles. The fourth-order valence-corrected chi connectivity index (χ4v) is 2.36. The van der Waals surface area contributed by atoms with E-state index in [2.05, 4.69) is 32.8 Å². The molecule has 7 heteroatoms. The first-order chi connectivity index (χ1) is 13.2. The van der Waals surface area contributed by atoms with Gasteiger partial charge in [-0.25, -0.2) is 9.78 Å². The summed E-state index contributed by atoms with van der Waals surface area (Å²) in [7, 11) is 1.74. The number of anilines is 3. The topological polar surface area (TPSA) is 88.2 Å². The Morgan fingerprint density at radius 2 is 1.59 bits per heavy atom. The second kappa shape index (κ2) is 8.66. The molecule has 0 aliphatic carbocycles. The number of ether oxygens (including phenoxy) is 1. The fraction of sp³-hybridized carbons (Fsp3) is 0.150. The van der Waals surface area contributed by atoms with Crippen LogP contribution >= 0.6 is 0 Å². The number of nitrogens with one attached hydrogen (secondary N) is 3. The first-order valence-electron chi connectivity index (χ1n) is 8.62. The maximum absolute atomic E-state index is 12.1. The van der Waals surface area contributed by atoms with Gasteiger partial charge in [-0.2, -0.15) is 4.98 Å². The van der Waals surface area contributed by atoms with E-state index in [1.54, 1.807) is 43.6 Å². The lowest BCUT2D eigenvalue weighted by Crippen LogP contribution is -2.19. The molecule has 1 aromatic heterocycles. The van der Waals surface area contributed by atoms with Crippen molar-refractivity contribution < 1.29 is 9.53 Å². The Morgan fingerprint density at radius 1 is 0.963 bits per heavy atom. The number of urea groups is 1. The largest absolute Gasteiger partial charge is 0.439 e. The van der Waals surface area contributed by atoms with Crippen molar-refractivity contribution in [1.29, 1.82) is 0 Å². The lowest BCUT2D eigenvalue weighted by molar-refractivity contribution is 0.262. The van der Waals surface area contributed by atoms with E-state index < -0.39 is 0 Å². The number of carbonyl (C=O) groups is 1. The van der Waals surface area contributed by atoms with Crippen LogP contribution in [0.25, 0.3) is 0 Å². The fourth-order valence-electron chi connectivity index (χ4n) is 2.36. The number of nitrogens with zero attached hydrogens (tertiary/aromatic N) is 2. The maximum Gasteiger partial charge on any atom is 0.323 e. The molecule has 0 unspecified atom stereocenters. The van der Waals surface area contributed by atoms with Crippen LogP contribution < -0.4 is 20.7 Å². The molecule has 27 heavy (non-hydrogen) atoms. The monoisotopic (exact) mass is 363 g/mol. The van der Waals surface area contributed by atoms with Crippen LogP contribution in [-0.2, 0) is 6.42 Å². The van der Waals surface area contributed by atoms with Crippen LogP contribution in [0.1, 0.15) is 12.5 Å². The van der Waals surface area contributed by atoms with Gasteiger partial charge in [0.15, 0.2) is 0 Å². The molecule has 7 nitrogen and oxygen atoms in total. The summed E-state index contributed by atoms with van der Waals surface area (Å²) < 4.78 is 5.68. The SMILES string of the molecule is CCc1ccc(NC(=O)Nc2ccc(Oc3ccnc(NC)n3)cc2)cc1. The van der Waals surface area contributed by atoms with Crippen molar-refractivity contribution in [3.63, 3.8) is 0 Å². The van der Waals surface area contributed by atoms with Crippen LogP contribution in [0.15, 0.2) is 60.8 Å². The number of aromatic nitrogens is 2. The average molecular weight is 363 g/mol. The summed E-state index contributed by atoms with van der Waals surface area (Å²) in [6.45, 7) is 2.09. The lowest BCUT2D eigenvalue weighted by Gasteiger charge is -2.09. The van der Waals surface area contributed by atoms with Crippen LogP contribution in [0, 0.1) is 0 Å². The van der Waals surface area contributed by atoms with Gasteiger partial charge in [-0.15, -0.1) is 0 Å². The smallest absolute Gasteiger partial charge is 0.323 e. The van der Waals surface area contributed by atoms with Crippen molar-refractivity contribution >= 4 is 23.4 Å². The van der Waals surface area contributed by atoms with Crippen molar-refractivity contribution in [2.75, 3.05) is 23.0 Å². The molecular weight excluding hydrogens is 342 g/mol. The molecule has 2 amide bonds. The summed E-state index contributed by atoms with van der Waals surface area (Å²) in [6, 6.07) is 16.2. The molecule has 138 valence electrons. The van der Waals surface area contributed by atoms with Crippen LogP contribution in [0.5, 0.6) is 11.6 Å². The molecule has 0 aliphatic rings. The van der Waals surface area contributed by atoms with Gasteiger partial charge in [0.1, 0.15) is 5.75 Å². The summed E-state index contributed by atoms with van der Waals surface area (Å²) in [5.41, 5.74) is 2.62. The van der Waals surface area contributed by atoms with Gasteiger partial charge < -0.3 is 20.7 Å². The zero-order chi connectivity index (χ0) is 19.1. The summed E-state index contributed by atoms with van der Waals surface area (Å²) >= 11 is 0. The highest BCUT2D eigenvalue weighted by Gasteiger charge is 2.05. The number of amides is 2. The number of aryl methyl sites for hydroxylation is 1. The highest BCUT2D eigenvalue weighted by Crippen LogP contribution is 2.22. The van der Waals surface area contributed by atoms with Crippen molar-refractivity contribution in [2.45, 2.75) is 13.3 Å². The molecule has 0 saturated carbocycles. The van der Waals surface area contributed by atoms with E-state index in [1.165, 1.54) is 5.56 Å². The third-order valence-electron chi connectivity index (χ3n) is 3.81. The molecule has 0 atom stereocenters. The molecule has 0 spiro atoms. The van der Waals surface area contributed by atoms with E-state index in [0.717, 1.165) is 12.1 Å². The highest BCUT2D eigenvalue weighted by atomic mass is 16.5. The Morgan fingerprint density at radius 3 is 2.19 bits per heavy atom. The molecule has 2 aromatic carbocycles. The van der Waals surface area contributed by atoms with Gasteiger partial charge in [0.05, 0.1) is 0 Å². The van der Waals surface area contributed by atoms with Crippen molar-refractivity contribution in [2.24, 2.45) is 0 Å². The maximum atomic E-state index is 12.1. The Labute approximate surface area is 157 Å². The van der Waals surface area contributed by atoms with Crippen molar-refractivity contribution in [1.82, 2.24) is 9.97 Å². The van der Waals surface area contributed by atoms with Gasteiger partial charge in [0.2, 0.25) is 11.8 Å². The molecule has 1 heterocycles. The molecule has 0 radical (unpaired) electrons. The first kappa shape index (κ1) is 18.2. The molecule has 3 rings (SSSR count). The minimum atomic E-state index is -0.303. The van der Waals surface area contributed by atoms with Gasteiger partial charge in [-0.1, -0.05) is 19.1 Å². The lowest BCUT2D eigenvalue weighted by atomic mass is 10.1. The summed E-state index contributed by atoms with van der Waals surface area (Å²) in [5, 5.41) is 8.44. The number of rotatable bonds is 6. The van der Waals surface area contributed by atoms with E-state index in [-0.39, 0.29) is 6.03 Å². The van der Waals surface area contributed by atoms with Crippen molar-refractivity contribution in [3.05, 3.63) is 66.4 Å². The second-order valence-corrected chi connectivity index (χ2v) is 5.72. The Bertz CT molecular complexity index is 895. The molecule has 0 aliphatic heterocycles. The highest BCUT2D eigenvalue weighted by molar-refractivity contribution is 5.99. The third kappa shape index (κ3) is 5.18. The second-order valence-electron chi connectivity index (χ2n) is 5.72. The van der Waals surface area contributed by atoms with Crippen LogP contribution in [-0.4, -0.2) is 23.0 Å². The number of benzene rings is 2.